The number of carbonyl (C=O) groups excluding carboxylic acids is 1. The molecule has 0 saturated carbocycles. The average molecular weight is 509 g/mol. The van der Waals surface area contributed by atoms with Crippen molar-refractivity contribution < 1.29 is 19.4 Å². The number of esters is 1. The van der Waals surface area contributed by atoms with Crippen LogP contribution in [0.1, 0.15) is 174 Å². The summed E-state index contributed by atoms with van der Waals surface area (Å²) in [4.78, 5) is 22.7. The van der Waals surface area contributed by atoms with Crippen LogP contribution < -0.4 is 0 Å². The SMILES string of the molecule is CCCCCCCC/C=C\CCCCCCCC(=O)OC(CC)CCCCCCCCCCC(=O)O. The molecule has 0 radical (unpaired) electrons. The second-order valence-corrected chi connectivity index (χ2v) is 10.6. The van der Waals surface area contributed by atoms with E-state index in [-0.39, 0.29) is 12.1 Å². The Balaban J connectivity index is 3.48. The van der Waals surface area contributed by atoms with Crippen LogP contribution in [0.5, 0.6) is 0 Å². The molecule has 0 amide bonds. The van der Waals surface area contributed by atoms with E-state index in [0.29, 0.717) is 12.8 Å². The van der Waals surface area contributed by atoms with Crippen LogP contribution in [-0.2, 0) is 14.3 Å². The van der Waals surface area contributed by atoms with Gasteiger partial charge in [0.25, 0.3) is 0 Å². The Morgan fingerprint density at radius 3 is 1.56 bits per heavy atom. The minimum Gasteiger partial charge on any atom is -0.481 e. The second kappa shape index (κ2) is 28.3. The van der Waals surface area contributed by atoms with Gasteiger partial charge < -0.3 is 9.84 Å². The third-order valence-corrected chi connectivity index (χ3v) is 7.06. The largest absolute Gasteiger partial charge is 0.481 e. The molecule has 1 unspecified atom stereocenters. The van der Waals surface area contributed by atoms with Crippen LogP contribution in [0.15, 0.2) is 12.2 Å². The molecule has 0 heterocycles. The number of allylic oxidation sites excluding steroid dienone is 2. The van der Waals surface area contributed by atoms with Crippen LogP contribution in [0, 0.1) is 0 Å². The molecule has 0 saturated heterocycles. The highest BCUT2D eigenvalue weighted by atomic mass is 16.5. The second-order valence-electron chi connectivity index (χ2n) is 10.6. The first-order chi connectivity index (χ1) is 17.6. The molecule has 1 N–H and O–H groups in total. The standard InChI is InChI=1S/C32H60O4/c1-3-5-6-7-8-9-10-11-12-13-14-15-20-23-26-29-32(35)36-30(4-2)27-24-21-18-16-17-19-22-25-28-31(33)34/h11-12,30H,3-10,13-29H2,1-2H3,(H,33,34)/b12-11-. The van der Waals surface area contributed by atoms with E-state index in [1.807, 2.05) is 0 Å². The predicted octanol–water partition coefficient (Wildman–Crippen LogP) is 10.3. The molecule has 0 fully saturated rings. The fourth-order valence-corrected chi connectivity index (χ4v) is 4.64. The Kier molecular flexibility index (Phi) is 27.2. The molecule has 0 spiro atoms. The molecule has 0 bridgehead atoms. The van der Waals surface area contributed by atoms with Crippen molar-refractivity contribution in [2.75, 3.05) is 0 Å². The van der Waals surface area contributed by atoms with Crippen LogP contribution in [0.2, 0.25) is 0 Å². The van der Waals surface area contributed by atoms with E-state index in [4.69, 9.17) is 9.84 Å². The Labute approximate surface area is 224 Å². The van der Waals surface area contributed by atoms with Gasteiger partial charge in [0.1, 0.15) is 6.10 Å². The monoisotopic (exact) mass is 508 g/mol. The molecular weight excluding hydrogens is 448 g/mol. The summed E-state index contributed by atoms with van der Waals surface area (Å²) in [6.07, 6.45) is 33.0. The summed E-state index contributed by atoms with van der Waals surface area (Å²) in [7, 11) is 0. The van der Waals surface area contributed by atoms with E-state index in [1.54, 1.807) is 0 Å². The van der Waals surface area contributed by atoms with Crippen molar-refractivity contribution >= 4 is 11.9 Å². The summed E-state index contributed by atoms with van der Waals surface area (Å²) in [5.74, 6) is -0.699. The molecule has 0 aliphatic carbocycles. The molecule has 212 valence electrons. The smallest absolute Gasteiger partial charge is 0.306 e. The molecule has 0 aromatic carbocycles. The van der Waals surface area contributed by atoms with Crippen LogP contribution in [-0.4, -0.2) is 23.1 Å². The van der Waals surface area contributed by atoms with Gasteiger partial charge in [0.2, 0.25) is 0 Å². The number of hydrogen-bond acceptors (Lipinski definition) is 3. The highest BCUT2D eigenvalue weighted by molar-refractivity contribution is 5.69. The van der Waals surface area contributed by atoms with Crippen molar-refractivity contribution in [3.8, 4) is 0 Å². The van der Waals surface area contributed by atoms with Crippen LogP contribution >= 0.6 is 0 Å². The van der Waals surface area contributed by atoms with Crippen molar-refractivity contribution in [1.82, 2.24) is 0 Å². The summed E-state index contributed by atoms with van der Waals surface area (Å²) >= 11 is 0. The Morgan fingerprint density at radius 1 is 0.611 bits per heavy atom. The number of unbranched alkanes of at least 4 members (excludes halogenated alkanes) is 18. The highest BCUT2D eigenvalue weighted by Gasteiger charge is 2.12. The summed E-state index contributed by atoms with van der Waals surface area (Å²) in [5, 5.41) is 8.64. The average Bonchev–Trinajstić information content (AvgIpc) is 2.86. The summed E-state index contributed by atoms with van der Waals surface area (Å²) < 4.78 is 5.71. The van der Waals surface area contributed by atoms with Gasteiger partial charge in [-0.1, -0.05) is 116 Å². The maximum Gasteiger partial charge on any atom is 0.306 e. The maximum atomic E-state index is 12.2. The lowest BCUT2D eigenvalue weighted by Crippen LogP contribution is -2.17. The van der Waals surface area contributed by atoms with Crippen molar-refractivity contribution in [2.45, 2.75) is 180 Å². The van der Waals surface area contributed by atoms with Gasteiger partial charge in [-0.15, -0.1) is 0 Å². The Hall–Kier alpha value is -1.32. The third kappa shape index (κ3) is 27.3. The molecular formula is C32H60O4. The summed E-state index contributed by atoms with van der Waals surface area (Å²) in [6, 6.07) is 0. The molecule has 0 aromatic heterocycles. The van der Waals surface area contributed by atoms with Gasteiger partial charge in [-0.3, -0.25) is 9.59 Å². The van der Waals surface area contributed by atoms with Crippen LogP contribution in [0.25, 0.3) is 0 Å². The normalized spacial score (nSPS) is 12.3. The molecule has 1 atom stereocenters. The fraction of sp³-hybridized carbons (Fsp3) is 0.875. The molecule has 4 nitrogen and oxygen atoms in total. The Bertz CT molecular complexity index is 514. The lowest BCUT2D eigenvalue weighted by atomic mass is 10.0. The first-order valence-corrected chi connectivity index (χ1v) is 15.7. The number of carboxylic acids is 1. The van der Waals surface area contributed by atoms with Gasteiger partial charge in [-0.05, 0) is 57.8 Å². The van der Waals surface area contributed by atoms with Crippen molar-refractivity contribution in [3.05, 3.63) is 12.2 Å². The summed E-state index contributed by atoms with van der Waals surface area (Å²) in [5.41, 5.74) is 0. The first kappa shape index (κ1) is 34.7. The number of ether oxygens (including phenoxy) is 1. The minimum absolute atomic E-state index is 0.0131. The quantitative estimate of drug-likeness (QED) is 0.0648. The fourth-order valence-electron chi connectivity index (χ4n) is 4.64. The van der Waals surface area contributed by atoms with Crippen LogP contribution in [0.4, 0.5) is 0 Å². The lowest BCUT2D eigenvalue weighted by Gasteiger charge is -2.16. The number of hydrogen-bond donors (Lipinski definition) is 1. The van der Waals surface area contributed by atoms with E-state index in [9.17, 15) is 9.59 Å². The van der Waals surface area contributed by atoms with E-state index in [1.165, 1.54) is 96.3 Å². The first-order valence-electron chi connectivity index (χ1n) is 15.7. The van der Waals surface area contributed by atoms with Crippen LogP contribution in [0.3, 0.4) is 0 Å². The van der Waals surface area contributed by atoms with Gasteiger partial charge in [0, 0.05) is 12.8 Å². The molecule has 4 heteroatoms. The number of rotatable bonds is 28. The molecule has 36 heavy (non-hydrogen) atoms. The number of carbonyl (C=O) groups is 2. The Morgan fingerprint density at radius 2 is 1.06 bits per heavy atom. The molecule has 0 rings (SSSR count). The van der Waals surface area contributed by atoms with Gasteiger partial charge in [0.05, 0.1) is 0 Å². The number of carboxylic acid groups (broad SMARTS) is 1. The van der Waals surface area contributed by atoms with Crippen molar-refractivity contribution in [3.63, 3.8) is 0 Å². The zero-order chi connectivity index (χ0) is 26.5. The highest BCUT2D eigenvalue weighted by Crippen LogP contribution is 2.16. The predicted molar refractivity (Wildman–Crippen MR) is 153 cm³/mol. The zero-order valence-electron chi connectivity index (χ0n) is 24.1. The van der Waals surface area contributed by atoms with Gasteiger partial charge in [0.15, 0.2) is 0 Å². The van der Waals surface area contributed by atoms with Gasteiger partial charge in [-0.2, -0.15) is 0 Å². The zero-order valence-corrected chi connectivity index (χ0v) is 24.1. The minimum atomic E-state index is -0.686. The molecule has 0 aliphatic rings. The molecule has 0 aliphatic heterocycles. The lowest BCUT2D eigenvalue weighted by molar-refractivity contribution is -0.149. The van der Waals surface area contributed by atoms with E-state index < -0.39 is 5.97 Å². The summed E-state index contributed by atoms with van der Waals surface area (Å²) in [6.45, 7) is 4.38. The molecule has 0 aromatic rings. The maximum absolute atomic E-state index is 12.2. The topological polar surface area (TPSA) is 63.6 Å². The van der Waals surface area contributed by atoms with E-state index in [2.05, 4.69) is 26.0 Å². The number of aliphatic carboxylic acids is 1. The van der Waals surface area contributed by atoms with E-state index in [0.717, 1.165) is 51.4 Å². The third-order valence-electron chi connectivity index (χ3n) is 7.06. The van der Waals surface area contributed by atoms with Gasteiger partial charge in [-0.25, -0.2) is 0 Å². The van der Waals surface area contributed by atoms with Gasteiger partial charge >= 0.3 is 11.9 Å². The van der Waals surface area contributed by atoms with Crippen molar-refractivity contribution in [1.29, 1.82) is 0 Å². The van der Waals surface area contributed by atoms with Crippen molar-refractivity contribution in [2.24, 2.45) is 0 Å². The van der Waals surface area contributed by atoms with E-state index >= 15 is 0 Å².